The highest BCUT2D eigenvalue weighted by Crippen LogP contribution is 2.44. The van der Waals surface area contributed by atoms with Gasteiger partial charge in [0.2, 0.25) is 0 Å². The lowest BCUT2D eigenvalue weighted by Crippen LogP contribution is -2.03. The summed E-state index contributed by atoms with van der Waals surface area (Å²) in [4.78, 5) is 4.01. The Balaban J connectivity index is 2.28. The number of hydrogen-bond acceptors (Lipinski definition) is 4. The number of nitrogens with one attached hydrogen (secondary N) is 1. The summed E-state index contributed by atoms with van der Waals surface area (Å²) in [6.45, 7) is 0.486. The van der Waals surface area contributed by atoms with E-state index in [4.69, 9.17) is 44.3 Å². The van der Waals surface area contributed by atoms with Crippen LogP contribution in [0.25, 0.3) is 0 Å². The van der Waals surface area contributed by atoms with E-state index in [-0.39, 0.29) is 0 Å². The molecule has 0 saturated carbocycles. The van der Waals surface area contributed by atoms with Gasteiger partial charge in [-0.15, -0.1) is 0 Å². The summed E-state index contributed by atoms with van der Waals surface area (Å²) < 4.78 is 10.4. The predicted molar refractivity (Wildman–Crippen MR) is 86.1 cm³/mol. The summed E-state index contributed by atoms with van der Waals surface area (Å²) in [6, 6.07) is 5.22. The number of ether oxygens (including phenoxy) is 2. The van der Waals surface area contributed by atoms with Crippen molar-refractivity contribution in [3.8, 4) is 11.5 Å². The van der Waals surface area contributed by atoms with Crippen LogP contribution in [0, 0.1) is 0 Å². The van der Waals surface area contributed by atoms with Gasteiger partial charge in [0.05, 0.1) is 19.9 Å². The summed E-state index contributed by atoms with van der Waals surface area (Å²) >= 11 is 18.3. The minimum absolute atomic E-state index is 0.394. The Morgan fingerprint density at radius 1 is 1.05 bits per heavy atom. The Labute approximate surface area is 137 Å². The van der Waals surface area contributed by atoms with Crippen molar-refractivity contribution in [1.82, 2.24) is 4.98 Å². The second kappa shape index (κ2) is 7.07. The van der Waals surface area contributed by atoms with E-state index in [0.717, 1.165) is 5.56 Å². The Bertz CT molecular complexity index is 605. The van der Waals surface area contributed by atoms with Gasteiger partial charge < -0.3 is 14.8 Å². The molecule has 0 saturated heterocycles. The lowest BCUT2D eigenvalue weighted by molar-refractivity contribution is 0.395. The van der Waals surface area contributed by atoms with Crippen molar-refractivity contribution < 1.29 is 9.47 Å². The van der Waals surface area contributed by atoms with E-state index < -0.39 is 0 Å². The lowest BCUT2D eigenvalue weighted by Gasteiger charge is -2.16. The fourth-order valence-electron chi connectivity index (χ4n) is 1.74. The van der Waals surface area contributed by atoms with Gasteiger partial charge >= 0.3 is 0 Å². The number of rotatable bonds is 5. The van der Waals surface area contributed by atoms with E-state index >= 15 is 0 Å². The molecule has 0 aliphatic carbocycles. The van der Waals surface area contributed by atoms with Gasteiger partial charge in [0.1, 0.15) is 26.7 Å². The molecule has 0 bridgehead atoms. The molecular weight excluding hydrogens is 335 g/mol. The first-order valence-corrected chi connectivity index (χ1v) is 7.14. The van der Waals surface area contributed by atoms with Gasteiger partial charge in [0.15, 0.2) is 0 Å². The van der Waals surface area contributed by atoms with Crippen LogP contribution in [-0.4, -0.2) is 19.2 Å². The molecule has 0 unspecified atom stereocenters. The van der Waals surface area contributed by atoms with Crippen LogP contribution >= 0.6 is 34.8 Å². The third kappa shape index (κ3) is 3.64. The number of benzene rings is 1. The molecule has 112 valence electrons. The number of methoxy groups -OCH3 is 2. The first-order chi connectivity index (χ1) is 10.1. The van der Waals surface area contributed by atoms with Crippen LogP contribution in [0.3, 0.4) is 0 Å². The number of pyridine rings is 1. The highest BCUT2D eigenvalue weighted by Gasteiger charge is 2.16. The Morgan fingerprint density at radius 3 is 2.14 bits per heavy atom. The molecule has 1 aromatic carbocycles. The third-order valence-electron chi connectivity index (χ3n) is 2.83. The van der Waals surface area contributed by atoms with Crippen molar-refractivity contribution in [3.63, 3.8) is 0 Å². The molecule has 0 aliphatic rings. The first-order valence-electron chi connectivity index (χ1n) is 6.01. The lowest BCUT2D eigenvalue weighted by atomic mass is 10.2. The molecule has 21 heavy (non-hydrogen) atoms. The van der Waals surface area contributed by atoms with E-state index in [1.807, 2.05) is 6.07 Å². The highest BCUT2D eigenvalue weighted by atomic mass is 35.5. The average Bonchev–Trinajstić information content (AvgIpc) is 2.49. The zero-order chi connectivity index (χ0) is 15.4. The molecule has 1 aromatic heterocycles. The molecule has 0 amide bonds. The summed E-state index contributed by atoms with van der Waals surface area (Å²) in [7, 11) is 3.06. The van der Waals surface area contributed by atoms with E-state index in [1.165, 1.54) is 14.2 Å². The molecule has 0 fully saturated rings. The van der Waals surface area contributed by atoms with Gasteiger partial charge in [-0.25, -0.2) is 4.98 Å². The molecule has 0 atom stereocenters. The maximum Gasteiger partial charge on any atom is 0.143 e. The number of halogens is 3. The van der Waals surface area contributed by atoms with Gasteiger partial charge in [-0.3, -0.25) is 0 Å². The highest BCUT2D eigenvalue weighted by molar-refractivity contribution is 6.41. The maximum absolute atomic E-state index is 6.27. The maximum atomic E-state index is 6.27. The Hall–Kier alpha value is -1.36. The quantitative estimate of drug-likeness (QED) is 0.798. The smallest absolute Gasteiger partial charge is 0.143 e. The van der Waals surface area contributed by atoms with E-state index in [9.17, 15) is 0 Å². The number of aromatic nitrogens is 1. The van der Waals surface area contributed by atoms with Gasteiger partial charge in [-0.05, 0) is 11.6 Å². The zero-order valence-corrected chi connectivity index (χ0v) is 13.7. The second-order valence-corrected chi connectivity index (χ2v) is 5.27. The molecule has 0 radical (unpaired) electrons. The largest absolute Gasteiger partial charge is 0.495 e. The minimum atomic E-state index is 0.394. The van der Waals surface area contributed by atoms with E-state index in [0.29, 0.717) is 38.9 Å². The molecule has 4 nitrogen and oxygen atoms in total. The Morgan fingerprint density at radius 2 is 1.67 bits per heavy atom. The standard InChI is InChI=1S/C14H13Cl3N2O2/c1-20-9-5-10(21-2)13(17)14(12(9)16)19-7-8-3-4-11(15)18-6-8/h3-6,19H,7H2,1-2H3. The predicted octanol–water partition coefficient (Wildman–Crippen LogP) is 4.67. The van der Waals surface area contributed by atoms with Gasteiger partial charge in [0.25, 0.3) is 0 Å². The van der Waals surface area contributed by atoms with E-state index in [1.54, 1.807) is 18.3 Å². The minimum Gasteiger partial charge on any atom is -0.495 e. The number of hydrogen-bond donors (Lipinski definition) is 1. The fraction of sp³-hybridized carbons (Fsp3) is 0.214. The van der Waals surface area contributed by atoms with Crippen molar-refractivity contribution >= 4 is 40.5 Å². The molecule has 0 aliphatic heterocycles. The second-order valence-electron chi connectivity index (χ2n) is 4.13. The monoisotopic (exact) mass is 346 g/mol. The SMILES string of the molecule is COc1cc(OC)c(Cl)c(NCc2ccc(Cl)nc2)c1Cl. The molecule has 2 rings (SSSR count). The first kappa shape index (κ1) is 16.0. The van der Waals surface area contributed by atoms with Gasteiger partial charge in [0, 0.05) is 18.8 Å². The summed E-state index contributed by atoms with van der Waals surface area (Å²) in [6.07, 6.45) is 1.68. The fourth-order valence-corrected chi connectivity index (χ4v) is 2.49. The van der Waals surface area contributed by atoms with Crippen LogP contribution in [0.4, 0.5) is 5.69 Å². The molecule has 1 heterocycles. The summed E-state index contributed by atoms with van der Waals surface area (Å²) in [5.41, 5.74) is 1.48. The average molecular weight is 348 g/mol. The van der Waals surface area contributed by atoms with Crippen LogP contribution in [0.5, 0.6) is 11.5 Å². The summed E-state index contributed by atoms with van der Waals surface area (Å²) in [5, 5.41) is 4.39. The molecule has 0 spiro atoms. The van der Waals surface area contributed by atoms with Gasteiger partial charge in [-0.1, -0.05) is 40.9 Å². The van der Waals surface area contributed by atoms with Crippen molar-refractivity contribution in [2.45, 2.75) is 6.54 Å². The number of anilines is 1. The Kier molecular flexibility index (Phi) is 5.39. The van der Waals surface area contributed by atoms with Crippen LogP contribution in [-0.2, 0) is 6.54 Å². The van der Waals surface area contributed by atoms with Gasteiger partial charge in [-0.2, -0.15) is 0 Å². The normalized spacial score (nSPS) is 10.3. The van der Waals surface area contributed by atoms with Crippen LogP contribution in [0.2, 0.25) is 15.2 Å². The van der Waals surface area contributed by atoms with Crippen molar-refractivity contribution in [2.24, 2.45) is 0 Å². The number of nitrogens with zero attached hydrogens (tertiary/aromatic N) is 1. The summed E-state index contributed by atoms with van der Waals surface area (Å²) in [5.74, 6) is 0.962. The van der Waals surface area contributed by atoms with Crippen molar-refractivity contribution in [2.75, 3.05) is 19.5 Å². The molecular formula is C14H13Cl3N2O2. The topological polar surface area (TPSA) is 43.4 Å². The van der Waals surface area contributed by atoms with Crippen LogP contribution in [0.1, 0.15) is 5.56 Å². The molecule has 2 aromatic rings. The third-order valence-corrected chi connectivity index (χ3v) is 3.81. The van der Waals surface area contributed by atoms with Crippen molar-refractivity contribution in [3.05, 3.63) is 45.2 Å². The molecule has 1 N–H and O–H groups in total. The molecule has 7 heteroatoms. The van der Waals surface area contributed by atoms with E-state index in [2.05, 4.69) is 10.3 Å². The van der Waals surface area contributed by atoms with Crippen LogP contribution in [0.15, 0.2) is 24.4 Å². The van der Waals surface area contributed by atoms with Crippen molar-refractivity contribution in [1.29, 1.82) is 0 Å². The van der Waals surface area contributed by atoms with Crippen LogP contribution < -0.4 is 14.8 Å². The zero-order valence-electron chi connectivity index (χ0n) is 11.4.